The van der Waals surface area contributed by atoms with Crippen molar-refractivity contribution in [3.8, 4) is 0 Å². The summed E-state index contributed by atoms with van der Waals surface area (Å²) in [5.41, 5.74) is 1.43. The monoisotopic (exact) mass is 251 g/mol. The molecular formula is C12H17N3OS. The zero-order valence-electron chi connectivity index (χ0n) is 9.90. The third kappa shape index (κ3) is 3.12. The van der Waals surface area contributed by atoms with E-state index in [-0.39, 0.29) is 5.91 Å². The van der Waals surface area contributed by atoms with E-state index in [0.29, 0.717) is 10.8 Å². The fourth-order valence-corrected chi connectivity index (χ4v) is 3.10. The Kier molecular flexibility index (Phi) is 4.25. The molecule has 4 nitrogen and oxygen atoms in total. The number of pyridine rings is 1. The normalized spacial score (nSPS) is 19.0. The average Bonchev–Trinajstić information content (AvgIpc) is 2.89. The molecule has 0 saturated carbocycles. The van der Waals surface area contributed by atoms with Gasteiger partial charge in [0, 0.05) is 25.0 Å². The van der Waals surface area contributed by atoms with E-state index in [1.807, 2.05) is 11.8 Å². The number of thioether (sulfide) groups is 1. The number of nitrogens with one attached hydrogen (secondary N) is 2. The minimum atomic E-state index is -0.0238. The molecule has 2 heterocycles. The predicted molar refractivity (Wildman–Crippen MR) is 71.6 cm³/mol. The van der Waals surface area contributed by atoms with Crippen molar-refractivity contribution >= 4 is 23.4 Å². The molecule has 1 unspecified atom stereocenters. The second-order valence-corrected chi connectivity index (χ2v) is 5.42. The maximum atomic E-state index is 12.0. The smallest absolute Gasteiger partial charge is 0.253 e. The number of hydrogen-bond acceptors (Lipinski definition) is 4. The van der Waals surface area contributed by atoms with Crippen molar-refractivity contribution in [2.75, 3.05) is 24.7 Å². The maximum absolute atomic E-state index is 12.0. The topological polar surface area (TPSA) is 54.0 Å². The maximum Gasteiger partial charge on any atom is 0.253 e. The molecule has 1 aliphatic rings. The number of nitrogens with zero attached hydrogens (tertiary/aromatic N) is 1. The highest BCUT2D eigenvalue weighted by atomic mass is 32.2. The van der Waals surface area contributed by atoms with Gasteiger partial charge in [0.25, 0.3) is 5.91 Å². The lowest BCUT2D eigenvalue weighted by atomic mass is 10.2. The van der Waals surface area contributed by atoms with Crippen LogP contribution in [0.4, 0.5) is 5.69 Å². The van der Waals surface area contributed by atoms with Crippen LogP contribution in [0.25, 0.3) is 0 Å². The molecule has 0 radical (unpaired) electrons. The van der Waals surface area contributed by atoms with Gasteiger partial charge in [-0.25, -0.2) is 0 Å². The standard InChI is InChI=1S/C12H17N3OS/c1-13-11-8-14-5-4-10(11)12(16)15-7-9-3-2-6-17-9/h4-5,8-9,13H,2-3,6-7H2,1H3,(H,15,16). The second kappa shape index (κ2) is 5.91. The molecule has 1 amide bonds. The van der Waals surface area contributed by atoms with E-state index >= 15 is 0 Å². The van der Waals surface area contributed by atoms with Gasteiger partial charge in [0.2, 0.25) is 0 Å². The minimum absolute atomic E-state index is 0.0238. The fourth-order valence-electron chi connectivity index (χ4n) is 1.90. The Morgan fingerprint density at radius 1 is 1.65 bits per heavy atom. The second-order valence-electron chi connectivity index (χ2n) is 4.02. The van der Waals surface area contributed by atoms with Crippen LogP contribution in [0.15, 0.2) is 18.5 Å². The molecule has 0 aliphatic carbocycles. The van der Waals surface area contributed by atoms with Gasteiger partial charge in [-0.15, -0.1) is 0 Å². The summed E-state index contributed by atoms with van der Waals surface area (Å²) in [7, 11) is 1.79. The first-order valence-electron chi connectivity index (χ1n) is 5.83. The van der Waals surface area contributed by atoms with Crippen LogP contribution in [-0.4, -0.2) is 35.5 Å². The first-order chi connectivity index (χ1) is 8.31. The highest BCUT2D eigenvalue weighted by Crippen LogP contribution is 2.25. The van der Waals surface area contributed by atoms with Crippen LogP contribution in [0.3, 0.4) is 0 Å². The molecule has 1 aliphatic heterocycles. The van der Waals surface area contributed by atoms with Gasteiger partial charge in [-0.2, -0.15) is 11.8 Å². The Bertz CT molecular complexity index is 391. The number of carbonyl (C=O) groups is 1. The Labute approximate surface area is 106 Å². The summed E-state index contributed by atoms with van der Waals surface area (Å²) in [6, 6.07) is 1.74. The molecule has 92 valence electrons. The van der Waals surface area contributed by atoms with Crippen molar-refractivity contribution in [1.29, 1.82) is 0 Å². The lowest BCUT2D eigenvalue weighted by molar-refractivity contribution is 0.0954. The van der Waals surface area contributed by atoms with Crippen molar-refractivity contribution in [3.05, 3.63) is 24.0 Å². The van der Waals surface area contributed by atoms with Gasteiger partial charge in [-0.05, 0) is 24.7 Å². The SMILES string of the molecule is CNc1cnccc1C(=O)NCC1CCCS1. The highest BCUT2D eigenvalue weighted by Gasteiger charge is 2.17. The van der Waals surface area contributed by atoms with Gasteiger partial charge in [0.15, 0.2) is 0 Å². The van der Waals surface area contributed by atoms with E-state index in [1.165, 1.54) is 18.6 Å². The molecule has 0 bridgehead atoms. The molecule has 0 aromatic carbocycles. The number of anilines is 1. The van der Waals surface area contributed by atoms with Gasteiger partial charge in [0.05, 0.1) is 17.4 Å². The van der Waals surface area contributed by atoms with Crippen molar-refractivity contribution in [2.45, 2.75) is 18.1 Å². The molecular weight excluding hydrogens is 234 g/mol. The summed E-state index contributed by atoms with van der Waals surface area (Å²) in [5, 5.41) is 6.55. The highest BCUT2D eigenvalue weighted by molar-refractivity contribution is 8.00. The number of rotatable bonds is 4. The molecule has 0 spiro atoms. The van der Waals surface area contributed by atoms with Crippen molar-refractivity contribution in [3.63, 3.8) is 0 Å². The van der Waals surface area contributed by atoms with E-state index in [2.05, 4.69) is 15.6 Å². The van der Waals surface area contributed by atoms with E-state index in [1.54, 1.807) is 25.5 Å². The molecule has 5 heteroatoms. The Morgan fingerprint density at radius 3 is 3.24 bits per heavy atom. The Morgan fingerprint density at radius 2 is 2.53 bits per heavy atom. The minimum Gasteiger partial charge on any atom is -0.386 e. The van der Waals surface area contributed by atoms with Gasteiger partial charge in [0.1, 0.15) is 0 Å². The Hall–Kier alpha value is -1.23. The Balaban J connectivity index is 1.94. The molecule has 2 rings (SSSR count). The molecule has 1 fully saturated rings. The first-order valence-corrected chi connectivity index (χ1v) is 6.87. The summed E-state index contributed by atoms with van der Waals surface area (Å²) in [6.45, 7) is 0.759. The van der Waals surface area contributed by atoms with Crippen LogP contribution in [0.5, 0.6) is 0 Å². The first kappa shape index (κ1) is 12.2. The van der Waals surface area contributed by atoms with E-state index in [0.717, 1.165) is 12.2 Å². The predicted octanol–water partition coefficient (Wildman–Crippen LogP) is 1.75. The average molecular weight is 251 g/mol. The third-order valence-corrected chi connectivity index (χ3v) is 4.25. The largest absolute Gasteiger partial charge is 0.386 e. The number of amides is 1. The fraction of sp³-hybridized carbons (Fsp3) is 0.500. The number of carbonyl (C=O) groups excluding carboxylic acids is 1. The van der Waals surface area contributed by atoms with Gasteiger partial charge in [-0.3, -0.25) is 9.78 Å². The summed E-state index contributed by atoms with van der Waals surface area (Å²) >= 11 is 1.95. The summed E-state index contributed by atoms with van der Waals surface area (Å²) in [5.74, 6) is 1.20. The third-order valence-electron chi connectivity index (χ3n) is 2.85. The van der Waals surface area contributed by atoms with Crippen molar-refractivity contribution in [2.24, 2.45) is 0 Å². The summed E-state index contributed by atoms with van der Waals surface area (Å²) in [6.07, 6.45) is 5.78. The van der Waals surface area contributed by atoms with E-state index in [9.17, 15) is 4.79 Å². The van der Waals surface area contributed by atoms with Crippen molar-refractivity contribution < 1.29 is 4.79 Å². The van der Waals surface area contributed by atoms with Crippen LogP contribution >= 0.6 is 11.8 Å². The van der Waals surface area contributed by atoms with Crippen LogP contribution in [-0.2, 0) is 0 Å². The summed E-state index contributed by atoms with van der Waals surface area (Å²) in [4.78, 5) is 16.0. The summed E-state index contributed by atoms with van der Waals surface area (Å²) < 4.78 is 0. The molecule has 1 aromatic rings. The van der Waals surface area contributed by atoms with Crippen LogP contribution in [0.2, 0.25) is 0 Å². The van der Waals surface area contributed by atoms with Crippen LogP contribution in [0, 0.1) is 0 Å². The number of hydrogen-bond donors (Lipinski definition) is 2. The zero-order chi connectivity index (χ0) is 12.1. The lowest BCUT2D eigenvalue weighted by Gasteiger charge is -2.12. The molecule has 1 atom stereocenters. The van der Waals surface area contributed by atoms with Crippen molar-refractivity contribution in [1.82, 2.24) is 10.3 Å². The molecule has 17 heavy (non-hydrogen) atoms. The van der Waals surface area contributed by atoms with Gasteiger partial charge < -0.3 is 10.6 Å². The zero-order valence-corrected chi connectivity index (χ0v) is 10.7. The van der Waals surface area contributed by atoms with E-state index in [4.69, 9.17) is 0 Å². The lowest BCUT2D eigenvalue weighted by Crippen LogP contribution is -2.30. The molecule has 1 aromatic heterocycles. The van der Waals surface area contributed by atoms with Gasteiger partial charge in [-0.1, -0.05) is 0 Å². The molecule has 2 N–H and O–H groups in total. The van der Waals surface area contributed by atoms with Crippen LogP contribution < -0.4 is 10.6 Å². The molecule has 1 saturated heterocycles. The van der Waals surface area contributed by atoms with Crippen LogP contribution in [0.1, 0.15) is 23.2 Å². The number of aromatic nitrogens is 1. The van der Waals surface area contributed by atoms with E-state index < -0.39 is 0 Å². The quantitative estimate of drug-likeness (QED) is 0.856. The van der Waals surface area contributed by atoms with Gasteiger partial charge >= 0.3 is 0 Å².